The molecule has 0 radical (unpaired) electrons. The van der Waals surface area contributed by atoms with Crippen molar-refractivity contribution in [3.63, 3.8) is 0 Å². The zero-order valence-electron chi connectivity index (χ0n) is 12.6. The number of anilines is 1. The maximum Gasteiger partial charge on any atom is 0.225 e. The van der Waals surface area contributed by atoms with Gasteiger partial charge in [-0.15, -0.1) is 11.3 Å². The van der Waals surface area contributed by atoms with Crippen LogP contribution in [0.4, 0.5) is 5.69 Å². The fourth-order valence-electron chi connectivity index (χ4n) is 2.56. The molecule has 3 rings (SSSR count). The third-order valence-electron chi connectivity index (χ3n) is 3.78. The molecule has 1 aromatic carbocycles. The smallest absolute Gasteiger partial charge is 0.225 e. The van der Waals surface area contributed by atoms with Crippen LogP contribution in [0.3, 0.4) is 0 Å². The van der Waals surface area contributed by atoms with Gasteiger partial charge in [-0.1, -0.05) is 6.07 Å². The summed E-state index contributed by atoms with van der Waals surface area (Å²) in [6, 6.07) is 9.78. The summed E-state index contributed by atoms with van der Waals surface area (Å²) in [5.41, 5.74) is 7.62. The van der Waals surface area contributed by atoms with Gasteiger partial charge in [0.15, 0.2) is 0 Å². The lowest BCUT2D eigenvalue weighted by Gasteiger charge is -2.13. The van der Waals surface area contributed by atoms with Crippen LogP contribution in [0.5, 0.6) is 0 Å². The van der Waals surface area contributed by atoms with Gasteiger partial charge < -0.3 is 11.1 Å². The topological polar surface area (TPSA) is 72.9 Å². The number of fused-ring (bicyclic) bond motifs is 1. The number of nitrogens with two attached hydrogens (primary N) is 1. The van der Waals surface area contributed by atoms with Crippen LogP contribution in [-0.4, -0.2) is 22.2 Å². The minimum absolute atomic E-state index is 0.0272. The highest BCUT2D eigenvalue weighted by Crippen LogP contribution is 2.30. The Balaban J connectivity index is 1.75. The number of carbonyl (C=O) groups is 1. The maximum atomic E-state index is 12.4. The highest BCUT2D eigenvalue weighted by molar-refractivity contribution is 9.11. The number of aryl methyl sites for hydroxylation is 1. The van der Waals surface area contributed by atoms with Crippen LogP contribution in [0, 0.1) is 0 Å². The zero-order valence-corrected chi connectivity index (χ0v) is 15.0. The Morgan fingerprint density at radius 1 is 1.43 bits per heavy atom. The number of hydrogen-bond acceptors (Lipinski definition) is 4. The van der Waals surface area contributed by atoms with Crippen molar-refractivity contribution in [3.8, 4) is 0 Å². The largest absolute Gasteiger partial charge is 0.330 e. The van der Waals surface area contributed by atoms with Gasteiger partial charge in [-0.25, -0.2) is 0 Å². The van der Waals surface area contributed by atoms with Gasteiger partial charge in [0.1, 0.15) is 0 Å². The molecule has 0 bridgehead atoms. The minimum Gasteiger partial charge on any atom is -0.330 e. The summed E-state index contributed by atoms with van der Waals surface area (Å²) in [6.45, 7) is 0.442. The summed E-state index contributed by atoms with van der Waals surface area (Å²) in [5, 5.41) is 8.15. The molecule has 5 nitrogen and oxygen atoms in total. The Labute approximate surface area is 146 Å². The van der Waals surface area contributed by atoms with E-state index in [1.54, 1.807) is 22.2 Å². The minimum atomic E-state index is -0.0404. The Morgan fingerprint density at radius 2 is 2.26 bits per heavy atom. The van der Waals surface area contributed by atoms with E-state index in [0.29, 0.717) is 13.0 Å². The lowest BCUT2D eigenvalue weighted by molar-refractivity contribution is -0.116. The predicted molar refractivity (Wildman–Crippen MR) is 97.8 cm³/mol. The molecule has 23 heavy (non-hydrogen) atoms. The quantitative estimate of drug-likeness (QED) is 0.697. The number of benzene rings is 1. The standard InChI is InChI=1S/C16H17BrN4OS/c1-21-13-4-2-3-12(11(13)9-19-21)20-16(22)7-10(8-18)14-5-6-15(17)23-14/h2-6,9-10H,7-8,18H2,1H3,(H,20,22). The molecule has 0 aliphatic heterocycles. The third-order valence-corrected chi connectivity index (χ3v) is 5.56. The van der Waals surface area contributed by atoms with Crippen molar-refractivity contribution in [2.24, 2.45) is 12.8 Å². The highest BCUT2D eigenvalue weighted by atomic mass is 79.9. The van der Waals surface area contributed by atoms with E-state index in [4.69, 9.17) is 5.73 Å². The first kappa shape index (κ1) is 16.2. The van der Waals surface area contributed by atoms with Crippen LogP contribution >= 0.6 is 27.3 Å². The molecule has 0 saturated heterocycles. The van der Waals surface area contributed by atoms with E-state index in [9.17, 15) is 4.79 Å². The van der Waals surface area contributed by atoms with Crippen LogP contribution in [0.2, 0.25) is 0 Å². The van der Waals surface area contributed by atoms with Crippen molar-refractivity contribution in [1.29, 1.82) is 0 Å². The second-order valence-corrected chi connectivity index (χ2v) is 7.83. The summed E-state index contributed by atoms with van der Waals surface area (Å²) >= 11 is 5.06. The van der Waals surface area contributed by atoms with E-state index in [1.165, 1.54) is 0 Å². The van der Waals surface area contributed by atoms with E-state index in [-0.39, 0.29) is 11.8 Å². The summed E-state index contributed by atoms with van der Waals surface area (Å²) < 4.78 is 2.84. The number of nitrogens with one attached hydrogen (secondary N) is 1. The summed E-state index contributed by atoms with van der Waals surface area (Å²) in [6.07, 6.45) is 2.13. The number of hydrogen-bond donors (Lipinski definition) is 2. The summed E-state index contributed by atoms with van der Waals surface area (Å²) in [4.78, 5) is 13.5. The molecule has 2 aromatic heterocycles. The number of amides is 1. The van der Waals surface area contributed by atoms with Gasteiger partial charge >= 0.3 is 0 Å². The molecule has 120 valence electrons. The first-order valence-electron chi connectivity index (χ1n) is 7.24. The molecule has 1 unspecified atom stereocenters. The first-order valence-corrected chi connectivity index (χ1v) is 8.85. The third kappa shape index (κ3) is 3.46. The van der Waals surface area contributed by atoms with Crippen molar-refractivity contribution < 1.29 is 4.79 Å². The van der Waals surface area contributed by atoms with E-state index in [2.05, 4.69) is 26.3 Å². The summed E-state index contributed by atoms with van der Waals surface area (Å²) in [5.74, 6) is -0.0132. The average molecular weight is 393 g/mol. The van der Waals surface area contributed by atoms with E-state index >= 15 is 0 Å². The van der Waals surface area contributed by atoms with Gasteiger partial charge in [-0.05, 0) is 40.2 Å². The fraction of sp³-hybridized carbons (Fsp3) is 0.250. The van der Waals surface area contributed by atoms with Gasteiger partial charge in [0, 0.05) is 36.2 Å². The molecule has 0 aliphatic carbocycles. The van der Waals surface area contributed by atoms with Crippen molar-refractivity contribution >= 4 is 49.8 Å². The maximum absolute atomic E-state index is 12.4. The number of halogens is 1. The molecule has 0 fully saturated rings. The van der Waals surface area contributed by atoms with Crippen LogP contribution in [-0.2, 0) is 11.8 Å². The Kier molecular flexibility index (Phi) is 4.79. The van der Waals surface area contributed by atoms with Gasteiger partial charge in [-0.3, -0.25) is 9.48 Å². The lowest BCUT2D eigenvalue weighted by Crippen LogP contribution is -2.20. The van der Waals surface area contributed by atoms with Gasteiger partial charge in [0.2, 0.25) is 5.91 Å². The molecular formula is C16H17BrN4OS. The zero-order chi connectivity index (χ0) is 16.4. The second-order valence-electron chi connectivity index (χ2n) is 5.33. The van der Waals surface area contributed by atoms with E-state index in [1.807, 2.05) is 37.4 Å². The summed E-state index contributed by atoms with van der Waals surface area (Å²) in [7, 11) is 1.88. The molecule has 1 amide bonds. The molecule has 1 atom stereocenters. The lowest BCUT2D eigenvalue weighted by atomic mass is 10.0. The fourth-order valence-corrected chi connectivity index (χ4v) is 4.10. The Hall–Kier alpha value is -1.70. The molecule has 0 aliphatic rings. The van der Waals surface area contributed by atoms with Crippen LogP contribution in [0.25, 0.3) is 10.9 Å². The number of rotatable bonds is 5. The van der Waals surface area contributed by atoms with Crippen LogP contribution in [0.1, 0.15) is 17.2 Å². The molecule has 7 heteroatoms. The van der Waals surface area contributed by atoms with Gasteiger partial charge in [-0.2, -0.15) is 5.10 Å². The van der Waals surface area contributed by atoms with E-state index < -0.39 is 0 Å². The van der Waals surface area contributed by atoms with E-state index in [0.717, 1.165) is 25.3 Å². The van der Waals surface area contributed by atoms with Gasteiger partial charge in [0.05, 0.1) is 21.2 Å². The molecule has 3 N–H and O–H groups in total. The number of thiophene rings is 1. The monoisotopic (exact) mass is 392 g/mol. The van der Waals surface area contributed by atoms with Crippen LogP contribution in [0.15, 0.2) is 40.3 Å². The number of aromatic nitrogens is 2. The highest BCUT2D eigenvalue weighted by Gasteiger charge is 2.17. The number of carbonyl (C=O) groups excluding carboxylic acids is 1. The Bertz CT molecular complexity index is 842. The SMILES string of the molecule is Cn1ncc2c(NC(=O)CC(CN)c3ccc(Br)s3)cccc21. The molecule has 0 spiro atoms. The van der Waals surface area contributed by atoms with Crippen LogP contribution < -0.4 is 11.1 Å². The predicted octanol–water partition coefficient (Wildman–Crippen LogP) is 3.47. The average Bonchev–Trinajstić information content (AvgIpc) is 3.12. The molecule has 3 aromatic rings. The van der Waals surface area contributed by atoms with Crippen molar-refractivity contribution in [1.82, 2.24) is 9.78 Å². The van der Waals surface area contributed by atoms with Crippen molar-refractivity contribution in [2.45, 2.75) is 12.3 Å². The molecular weight excluding hydrogens is 376 g/mol. The molecule has 2 heterocycles. The van der Waals surface area contributed by atoms with Crippen molar-refractivity contribution in [2.75, 3.05) is 11.9 Å². The van der Waals surface area contributed by atoms with Gasteiger partial charge in [0.25, 0.3) is 0 Å². The molecule has 0 saturated carbocycles. The normalized spacial score (nSPS) is 12.5. The Morgan fingerprint density at radius 3 is 2.96 bits per heavy atom. The number of nitrogens with zero attached hydrogens (tertiary/aromatic N) is 2. The van der Waals surface area contributed by atoms with Crippen molar-refractivity contribution in [3.05, 3.63) is 45.2 Å². The first-order chi connectivity index (χ1) is 11.1. The second kappa shape index (κ2) is 6.82.